The highest BCUT2D eigenvalue weighted by Gasteiger charge is 2.35. The van der Waals surface area contributed by atoms with Gasteiger partial charge < -0.3 is 14.5 Å². The van der Waals surface area contributed by atoms with Crippen LogP contribution in [-0.2, 0) is 14.3 Å². The molecule has 1 aliphatic heterocycles. The van der Waals surface area contributed by atoms with Gasteiger partial charge in [0.2, 0.25) is 5.91 Å². The second kappa shape index (κ2) is 15.0. The number of carbonyl (C=O) groups is 2. The lowest BCUT2D eigenvalue weighted by Gasteiger charge is -2.40. The number of hydrogen-bond donors (Lipinski definition) is 0. The summed E-state index contributed by atoms with van der Waals surface area (Å²) < 4.78 is 3.86. The van der Waals surface area contributed by atoms with Gasteiger partial charge in [-0.15, -0.1) is 11.3 Å². The molecule has 0 radical (unpaired) electrons. The standard InChI is InChI=1S/C25H34N2OS.C2H4O2.C2H6/c1-18-9-11-21(12-10-18)25(28)27(22-13-15-26(3)16-14-22)23-17-24(29-19(23)2)20-7-5-4-6-8-20;1-4-2-3;1-2/h4-8,17-18,21-22H,9-16H2,1-3H3;2H,1H3;1-2H3. The molecule has 2 heterocycles. The first-order valence-electron chi connectivity index (χ1n) is 13.1. The molecule has 5 nitrogen and oxygen atoms in total. The molecule has 1 aromatic heterocycles. The summed E-state index contributed by atoms with van der Waals surface area (Å²) in [6, 6.07) is 13.2. The molecule has 2 aliphatic rings. The number of piperidine rings is 1. The Morgan fingerprint density at radius 1 is 1.06 bits per heavy atom. The van der Waals surface area contributed by atoms with E-state index in [0.29, 0.717) is 18.4 Å². The van der Waals surface area contributed by atoms with Crippen molar-refractivity contribution in [2.45, 2.75) is 72.3 Å². The third kappa shape index (κ3) is 8.18. The number of methoxy groups -OCH3 is 1. The average Bonchev–Trinajstić information content (AvgIpc) is 3.28. The van der Waals surface area contributed by atoms with Gasteiger partial charge in [-0.3, -0.25) is 9.59 Å². The Morgan fingerprint density at radius 2 is 1.63 bits per heavy atom. The molecule has 1 aliphatic carbocycles. The zero-order chi connectivity index (χ0) is 25.8. The van der Waals surface area contributed by atoms with Crippen LogP contribution >= 0.6 is 11.3 Å². The van der Waals surface area contributed by atoms with Crippen LogP contribution in [0.25, 0.3) is 10.4 Å². The highest BCUT2D eigenvalue weighted by Crippen LogP contribution is 2.40. The molecule has 194 valence electrons. The van der Waals surface area contributed by atoms with Gasteiger partial charge >= 0.3 is 0 Å². The van der Waals surface area contributed by atoms with Gasteiger partial charge in [0.1, 0.15) is 0 Å². The lowest BCUT2D eigenvalue weighted by molar-refractivity contribution is -0.126. The van der Waals surface area contributed by atoms with Crippen molar-refractivity contribution >= 4 is 29.4 Å². The van der Waals surface area contributed by atoms with E-state index in [9.17, 15) is 4.79 Å². The first kappa shape index (κ1) is 29.1. The summed E-state index contributed by atoms with van der Waals surface area (Å²) in [7, 11) is 3.50. The largest absolute Gasteiger partial charge is 0.471 e. The predicted octanol–water partition coefficient (Wildman–Crippen LogP) is 6.79. The Bertz CT molecular complexity index is 883. The average molecular weight is 501 g/mol. The van der Waals surface area contributed by atoms with E-state index in [4.69, 9.17) is 4.79 Å². The summed E-state index contributed by atoms with van der Waals surface area (Å²) in [5.41, 5.74) is 2.40. The van der Waals surface area contributed by atoms with Crippen LogP contribution in [0.3, 0.4) is 0 Å². The first-order valence-corrected chi connectivity index (χ1v) is 13.9. The Labute approximate surface area is 216 Å². The molecule has 4 rings (SSSR count). The maximum absolute atomic E-state index is 13.8. The van der Waals surface area contributed by atoms with E-state index in [1.807, 2.05) is 25.2 Å². The van der Waals surface area contributed by atoms with Gasteiger partial charge in [0.15, 0.2) is 0 Å². The Morgan fingerprint density at radius 3 is 2.17 bits per heavy atom. The lowest BCUT2D eigenvalue weighted by Crippen LogP contribution is -2.49. The molecule has 1 saturated carbocycles. The highest BCUT2D eigenvalue weighted by atomic mass is 32.1. The number of ether oxygens (including phenoxy) is 1. The zero-order valence-corrected chi connectivity index (χ0v) is 23.3. The normalized spacial score (nSPS) is 20.5. The van der Waals surface area contributed by atoms with Gasteiger partial charge in [0, 0.05) is 21.7 Å². The fourth-order valence-electron chi connectivity index (χ4n) is 4.91. The van der Waals surface area contributed by atoms with E-state index in [1.54, 1.807) is 0 Å². The van der Waals surface area contributed by atoms with Crippen LogP contribution in [-0.4, -0.2) is 50.6 Å². The monoisotopic (exact) mass is 500 g/mol. The number of benzene rings is 1. The number of amides is 1. The Hall–Kier alpha value is -2.18. The molecule has 35 heavy (non-hydrogen) atoms. The summed E-state index contributed by atoms with van der Waals surface area (Å²) in [5, 5.41) is 0. The number of nitrogens with zero attached hydrogens (tertiary/aromatic N) is 2. The highest BCUT2D eigenvalue weighted by molar-refractivity contribution is 7.16. The summed E-state index contributed by atoms with van der Waals surface area (Å²) in [5.74, 6) is 1.35. The molecule has 2 aromatic rings. The molecule has 0 N–H and O–H groups in total. The number of hydrogen-bond acceptors (Lipinski definition) is 5. The third-order valence-corrected chi connectivity index (χ3v) is 8.05. The van der Waals surface area contributed by atoms with Crippen molar-refractivity contribution in [3.05, 3.63) is 41.3 Å². The van der Waals surface area contributed by atoms with Crippen LogP contribution in [0.2, 0.25) is 0 Å². The molecule has 1 saturated heterocycles. The molecule has 0 atom stereocenters. The number of anilines is 1. The minimum atomic E-state index is 0.199. The fraction of sp³-hybridized carbons (Fsp3) is 0.586. The molecule has 6 heteroatoms. The van der Waals surface area contributed by atoms with Crippen LogP contribution in [0.5, 0.6) is 0 Å². The van der Waals surface area contributed by atoms with E-state index < -0.39 is 0 Å². The summed E-state index contributed by atoms with van der Waals surface area (Å²) in [6.07, 6.45) is 6.63. The maximum atomic E-state index is 13.8. The van der Waals surface area contributed by atoms with Gasteiger partial charge in [0.05, 0.1) is 12.8 Å². The Balaban J connectivity index is 0.000000655. The fourth-order valence-corrected chi connectivity index (χ4v) is 5.92. The van der Waals surface area contributed by atoms with E-state index in [-0.39, 0.29) is 5.92 Å². The number of rotatable bonds is 5. The van der Waals surface area contributed by atoms with E-state index in [0.717, 1.165) is 50.4 Å². The van der Waals surface area contributed by atoms with Crippen LogP contribution in [0, 0.1) is 18.8 Å². The summed E-state index contributed by atoms with van der Waals surface area (Å²) in [6.45, 7) is 11.0. The number of thiophene rings is 1. The minimum absolute atomic E-state index is 0.199. The van der Waals surface area contributed by atoms with Gasteiger partial charge in [0.25, 0.3) is 6.47 Å². The van der Waals surface area contributed by atoms with Crippen LogP contribution < -0.4 is 4.90 Å². The second-order valence-corrected chi connectivity index (χ2v) is 10.7. The van der Waals surface area contributed by atoms with Crippen molar-refractivity contribution < 1.29 is 14.3 Å². The lowest BCUT2D eigenvalue weighted by atomic mass is 9.82. The van der Waals surface area contributed by atoms with Crippen LogP contribution in [0.15, 0.2) is 36.4 Å². The van der Waals surface area contributed by atoms with E-state index in [1.165, 1.54) is 35.3 Å². The quantitative estimate of drug-likeness (QED) is 0.424. The van der Waals surface area contributed by atoms with Gasteiger partial charge in [-0.05, 0) is 83.1 Å². The molecule has 1 aromatic carbocycles. The third-order valence-electron chi connectivity index (χ3n) is 6.96. The molecular weight excluding hydrogens is 456 g/mol. The second-order valence-electron chi connectivity index (χ2n) is 9.45. The number of carbonyl (C=O) groups excluding carboxylic acids is 2. The molecule has 2 fully saturated rings. The zero-order valence-electron chi connectivity index (χ0n) is 22.5. The van der Waals surface area contributed by atoms with Gasteiger partial charge in [-0.2, -0.15) is 0 Å². The molecule has 1 amide bonds. The van der Waals surface area contributed by atoms with Gasteiger partial charge in [-0.25, -0.2) is 0 Å². The topological polar surface area (TPSA) is 49.9 Å². The Kier molecular flexibility index (Phi) is 12.5. The smallest absolute Gasteiger partial charge is 0.292 e. The van der Waals surface area contributed by atoms with Gasteiger partial charge in [-0.1, -0.05) is 51.1 Å². The van der Waals surface area contributed by atoms with Crippen LogP contribution in [0.4, 0.5) is 5.69 Å². The van der Waals surface area contributed by atoms with E-state index >= 15 is 0 Å². The molecule has 0 spiro atoms. The predicted molar refractivity (Wildman–Crippen MR) is 148 cm³/mol. The maximum Gasteiger partial charge on any atom is 0.292 e. The number of likely N-dealkylation sites (tertiary alicyclic amines) is 1. The SMILES string of the molecule is CC.COC=O.Cc1sc(-c2ccccc2)cc1N(C(=O)C1CCC(C)CC1)C1CCN(C)CC1. The first-order chi connectivity index (χ1) is 16.9. The van der Waals surface area contributed by atoms with E-state index in [2.05, 4.69) is 71.8 Å². The summed E-state index contributed by atoms with van der Waals surface area (Å²) in [4.78, 5) is 29.9. The molecular formula is C29H44N2O3S. The van der Waals surface area contributed by atoms with Crippen molar-refractivity contribution in [3.63, 3.8) is 0 Å². The number of aryl methyl sites for hydroxylation is 1. The summed E-state index contributed by atoms with van der Waals surface area (Å²) >= 11 is 1.82. The molecule has 0 bridgehead atoms. The van der Waals surface area contributed by atoms with Crippen LogP contribution in [0.1, 0.15) is 64.2 Å². The van der Waals surface area contributed by atoms with Crippen molar-refractivity contribution in [1.82, 2.24) is 4.90 Å². The van der Waals surface area contributed by atoms with Crippen molar-refractivity contribution in [2.75, 3.05) is 32.1 Å². The van der Waals surface area contributed by atoms with Crippen molar-refractivity contribution in [1.29, 1.82) is 0 Å². The van der Waals surface area contributed by atoms with Crippen molar-refractivity contribution in [2.24, 2.45) is 11.8 Å². The van der Waals surface area contributed by atoms with Crippen molar-refractivity contribution in [3.8, 4) is 10.4 Å². The molecule has 0 unspecified atom stereocenters. The minimum Gasteiger partial charge on any atom is -0.471 e.